The molecule has 5 nitrogen and oxygen atoms in total. The van der Waals surface area contributed by atoms with Crippen molar-refractivity contribution in [1.29, 1.82) is 5.26 Å². The Balaban J connectivity index is 2.98. The Morgan fingerprint density at radius 1 is 1.47 bits per heavy atom. The molecule has 1 rings (SSSR count). The fraction of sp³-hybridized carbons (Fsp3) is 0.462. The molecule has 0 atom stereocenters. The van der Waals surface area contributed by atoms with Crippen LogP contribution in [0.4, 0.5) is 5.69 Å². The van der Waals surface area contributed by atoms with Gasteiger partial charge in [0.15, 0.2) is 0 Å². The summed E-state index contributed by atoms with van der Waals surface area (Å²) in [5.74, 6) is -0.885. The van der Waals surface area contributed by atoms with Gasteiger partial charge in [-0.25, -0.2) is 4.79 Å². The van der Waals surface area contributed by atoms with Crippen molar-refractivity contribution in [2.75, 3.05) is 12.4 Å². The minimum absolute atomic E-state index is 0.329. The molecule has 0 saturated heterocycles. The number of hydrogen-bond donors (Lipinski definition) is 1. The van der Waals surface area contributed by atoms with E-state index in [1.165, 1.54) is 18.4 Å². The molecule has 0 radical (unpaired) electrons. The highest BCUT2D eigenvalue weighted by molar-refractivity contribution is 7.12. The molecule has 0 aromatic carbocycles. The smallest absolute Gasteiger partial charge is 0.350 e. The first-order chi connectivity index (χ1) is 9.04. The first-order valence-corrected chi connectivity index (χ1v) is 6.81. The number of nitriles is 1. The molecule has 0 aliphatic rings. The molecule has 0 unspecified atom stereocenters. The maximum absolute atomic E-state index is 12.2. The van der Waals surface area contributed by atoms with Crippen LogP contribution in [0.3, 0.4) is 0 Å². The van der Waals surface area contributed by atoms with Gasteiger partial charge in [0.05, 0.1) is 18.9 Å². The normalized spacial score (nSPS) is 10.6. The number of nitrogens with zero attached hydrogens (tertiary/aromatic N) is 1. The third-order valence-corrected chi connectivity index (χ3v) is 4.03. The topological polar surface area (TPSA) is 79.2 Å². The number of thiophene rings is 1. The molecule has 1 aromatic rings. The lowest BCUT2D eigenvalue weighted by atomic mass is 9.83. The zero-order valence-electron chi connectivity index (χ0n) is 11.1. The molecular weight excluding hydrogens is 264 g/mol. The zero-order chi connectivity index (χ0) is 14.5. The molecule has 0 aliphatic carbocycles. The van der Waals surface area contributed by atoms with Crippen LogP contribution >= 0.6 is 11.3 Å². The van der Waals surface area contributed by atoms with E-state index in [-0.39, 0.29) is 5.91 Å². The van der Waals surface area contributed by atoms with Crippen LogP contribution < -0.4 is 5.32 Å². The first kappa shape index (κ1) is 15.2. The molecule has 0 fully saturated rings. The van der Waals surface area contributed by atoms with Crippen LogP contribution in [0.1, 0.15) is 36.4 Å². The van der Waals surface area contributed by atoms with Crippen molar-refractivity contribution < 1.29 is 14.3 Å². The summed E-state index contributed by atoms with van der Waals surface area (Å²) in [7, 11) is 1.28. The summed E-state index contributed by atoms with van der Waals surface area (Å²) < 4.78 is 4.64. The molecule has 0 saturated carbocycles. The SMILES string of the molecule is CCC(C#N)(CC)C(=O)Nc1ccsc1C(=O)OC. The summed E-state index contributed by atoms with van der Waals surface area (Å²) in [6.07, 6.45) is 0.840. The summed E-state index contributed by atoms with van der Waals surface area (Å²) in [6, 6.07) is 3.69. The molecule has 0 aliphatic heterocycles. The predicted molar refractivity (Wildman–Crippen MR) is 72.9 cm³/mol. The van der Waals surface area contributed by atoms with Gasteiger partial charge in [0.25, 0.3) is 0 Å². The Morgan fingerprint density at radius 3 is 2.58 bits per heavy atom. The van der Waals surface area contributed by atoms with E-state index in [0.29, 0.717) is 23.4 Å². The van der Waals surface area contributed by atoms with E-state index in [1.807, 2.05) is 0 Å². The zero-order valence-corrected chi connectivity index (χ0v) is 12.0. The molecule has 1 heterocycles. The average Bonchev–Trinajstić information content (AvgIpc) is 2.88. The number of carbonyl (C=O) groups excluding carboxylic acids is 2. The second-order valence-electron chi connectivity index (χ2n) is 4.01. The monoisotopic (exact) mass is 280 g/mol. The first-order valence-electron chi connectivity index (χ1n) is 5.93. The Bertz CT molecular complexity index is 512. The van der Waals surface area contributed by atoms with Crippen LogP contribution in [-0.4, -0.2) is 19.0 Å². The summed E-state index contributed by atoms with van der Waals surface area (Å²) >= 11 is 1.19. The molecule has 0 bridgehead atoms. The number of anilines is 1. The van der Waals surface area contributed by atoms with Gasteiger partial charge in [0.1, 0.15) is 10.3 Å². The van der Waals surface area contributed by atoms with Crippen LogP contribution in [0.5, 0.6) is 0 Å². The minimum atomic E-state index is -1.06. The lowest BCUT2D eigenvalue weighted by Crippen LogP contribution is -2.34. The van der Waals surface area contributed by atoms with Gasteiger partial charge in [-0.3, -0.25) is 4.79 Å². The standard InChI is InChI=1S/C13H16N2O3S/c1-4-13(5-2,8-14)12(17)15-9-6-7-19-10(9)11(16)18-3/h6-7H,4-5H2,1-3H3,(H,15,17). The third-order valence-electron chi connectivity index (χ3n) is 3.14. The summed E-state index contributed by atoms with van der Waals surface area (Å²) in [5.41, 5.74) is -0.668. The van der Waals surface area contributed by atoms with E-state index in [9.17, 15) is 14.9 Å². The van der Waals surface area contributed by atoms with Crippen molar-refractivity contribution in [3.05, 3.63) is 16.3 Å². The highest BCUT2D eigenvalue weighted by Crippen LogP contribution is 2.30. The molecular formula is C13H16N2O3S. The summed E-state index contributed by atoms with van der Waals surface area (Å²) in [4.78, 5) is 24.0. The maximum atomic E-state index is 12.2. The Labute approximate surface area is 116 Å². The van der Waals surface area contributed by atoms with Crippen LogP contribution in [0.15, 0.2) is 11.4 Å². The number of nitrogens with one attached hydrogen (secondary N) is 1. The number of ether oxygens (including phenoxy) is 1. The molecule has 1 amide bonds. The third kappa shape index (κ3) is 2.93. The van der Waals surface area contributed by atoms with E-state index >= 15 is 0 Å². The largest absolute Gasteiger partial charge is 0.465 e. The van der Waals surface area contributed by atoms with Crippen molar-refractivity contribution in [2.45, 2.75) is 26.7 Å². The fourth-order valence-electron chi connectivity index (χ4n) is 1.68. The van der Waals surface area contributed by atoms with Gasteiger partial charge in [0.2, 0.25) is 5.91 Å². The lowest BCUT2D eigenvalue weighted by Gasteiger charge is -2.22. The second-order valence-corrected chi connectivity index (χ2v) is 4.93. The van der Waals surface area contributed by atoms with Gasteiger partial charge in [-0.1, -0.05) is 13.8 Å². The summed E-state index contributed by atoms with van der Waals surface area (Å²) in [6.45, 7) is 3.59. The minimum Gasteiger partial charge on any atom is -0.465 e. The van der Waals surface area contributed by atoms with Crippen molar-refractivity contribution in [3.8, 4) is 6.07 Å². The molecule has 1 N–H and O–H groups in total. The van der Waals surface area contributed by atoms with Gasteiger partial charge >= 0.3 is 5.97 Å². The molecule has 102 valence electrons. The number of amides is 1. The predicted octanol–water partition coefficient (Wildman–Crippen LogP) is 2.80. The quantitative estimate of drug-likeness (QED) is 0.841. The van der Waals surface area contributed by atoms with E-state index in [4.69, 9.17) is 0 Å². The van der Waals surface area contributed by atoms with Crippen molar-refractivity contribution in [2.24, 2.45) is 5.41 Å². The van der Waals surface area contributed by atoms with Gasteiger partial charge in [0, 0.05) is 0 Å². The van der Waals surface area contributed by atoms with Crippen LogP contribution in [-0.2, 0) is 9.53 Å². The van der Waals surface area contributed by atoms with Crippen LogP contribution in [0.25, 0.3) is 0 Å². The Kier molecular flexibility index (Phi) is 5.07. The lowest BCUT2D eigenvalue weighted by molar-refractivity contribution is -0.123. The highest BCUT2D eigenvalue weighted by Gasteiger charge is 2.35. The molecule has 19 heavy (non-hydrogen) atoms. The molecule has 1 aromatic heterocycles. The molecule has 6 heteroatoms. The van der Waals surface area contributed by atoms with Gasteiger partial charge < -0.3 is 10.1 Å². The average molecular weight is 280 g/mol. The van der Waals surface area contributed by atoms with Gasteiger partial charge in [-0.15, -0.1) is 11.3 Å². The van der Waals surface area contributed by atoms with E-state index < -0.39 is 11.4 Å². The number of esters is 1. The number of rotatable bonds is 5. The second kappa shape index (κ2) is 6.34. The van der Waals surface area contributed by atoms with Crippen molar-refractivity contribution in [1.82, 2.24) is 0 Å². The number of hydrogen-bond acceptors (Lipinski definition) is 5. The van der Waals surface area contributed by atoms with E-state index in [2.05, 4.69) is 16.1 Å². The fourth-order valence-corrected chi connectivity index (χ4v) is 2.45. The molecule has 0 spiro atoms. The maximum Gasteiger partial charge on any atom is 0.350 e. The van der Waals surface area contributed by atoms with Crippen LogP contribution in [0, 0.1) is 16.7 Å². The number of carbonyl (C=O) groups is 2. The van der Waals surface area contributed by atoms with Crippen molar-refractivity contribution in [3.63, 3.8) is 0 Å². The Morgan fingerprint density at radius 2 is 2.11 bits per heavy atom. The Hall–Kier alpha value is -1.87. The van der Waals surface area contributed by atoms with Crippen molar-refractivity contribution >= 4 is 28.9 Å². The van der Waals surface area contributed by atoms with Gasteiger partial charge in [-0.05, 0) is 24.3 Å². The van der Waals surface area contributed by atoms with E-state index in [0.717, 1.165) is 0 Å². The number of methoxy groups -OCH3 is 1. The van der Waals surface area contributed by atoms with Gasteiger partial charge in [-0.2, -0.15) is 5.26 Å². The highest BCUT2D eigenvalue weighted by atomic mass is 32.1. The summed E-state index contributed by atoms with van der Waals surface area (Å²) in [5, 5.41) is 13.5. The van der Waals surface area contributed by atoms with Crippen LogP contribution in [0.2, 0.25) is 0 Å². The van der Waals surface area contributed by atoms with E-state index in [1.54, 1.807) is 25.3 Å².